The molecule has 0 saturated carbocycles. The molecule has 2 aromatic carbocycles. The van der Waals surface area contributed by atoms with Crippen molar-refractivity contribution in [2.75, 3.05) is 11.9 Å². The summed E-state index contributed by atoms with van der Waals surface area (Å²) >= 11 is 0. The Hall–Kier alpha value is -1.45. The second-order valence-electron chi connectivity index (χ2n) is 4.67. The molecule has 1 aromatic heterocycles. The summed E-state index contributed by atoms with van der Waals surface area (Å²) in [6.07, 6.45) is 0. The van der Waals surface area contributed by atoms with Gasteiger partial charge in [0.15, 0.2) is 0 Å². The van der Waals surface area contributed by atoms with Crippen molar-refractivity contribution in [1.82, 2.24) is 15.0 Å². The largest absolute Gasteiger partial charge is 1.00 e. The van der Waals surface area contributed by atoms with Crippen LogP contribution in [-0.4, -0.2) is 34.5 Å². The maximum Gasteiger partial charge on any atom is 1.00 e. The predicted octanol–water partition coefficient (Wildman–Crippen LogP) is -1.24. The Kier molecular flexibility index (Phi) is 5.43. The van der Waals surface area contributed by atoms with E-state index in [1.807, 2.05) is 31.2 Å². The number of aromatic nitrogens is 3. The van der Waals surface area contributed by atoms with Gasteiger partial charge in [-0.3, -0.25) is 0 Å². The zero-order valence-electron chi connectivity index (χ0n) is 12.7. The van der Waals surface area contributed by atoms with E-state index in [1.54, 1.807) is 0 Å². The van der Waals surface area contributed by atoms with Gasteiger partial charge in [0.1, 0.15) is 21.2 Å². The van der Waals surface area contributed by atoms with E-state index in [2.05, 4.69) is 15.5 Å². The van der Waals surface area contributed by atoms with Crippen molar-refractivity contribution in [2.24, 2.45) is 0 Å². The SMILES string of the molecule is CCNc1ccc(-n2nc3ccc(S(=O)(=O)[O-])cc3n2)cc1.[Na+]. The average Bonchev–Trinajstić information content (AvgIpc) is 2.90. The first kappa shape index (κ1) is 17.9. The normalized spacial score (nSPS) is 11.2. The summed E-state index contributed by atoms with van der Waals surface area (Å²) in [7, 11) is -4.50. The van der Waals surface area contributed by atoms with Crippen molar-refractivity contribution in [3.63, 3.8) is 0 Å². The minimum Gasteiger partial charge on any atom is -0.744 e. The summed E-state index contributed by atoms with van der Waals surface area (Å²) in [4.78, 5) is 1.09. The van der Waals surface area contributed by atoms with E-state index in [-0.39, 0.29) is 34.5 Å². The Morgan fingerprint density at radius 3 is 2.35 bits per heavy atom. The molecular formula is C14H13N4NaO3S. The van der Waals surface area contributed by atoms with E-state index < -0.39 is 10.1 Å². The van der Waals surface area contributed by atoms with Crippen molar-refractivity contribution < 1.29 is 42.5 Å². The average molecular weight is 340 g/mol. The third-order valence-electron chi connectivity index (χ3n) is 3.12. The number of rotatable bonds is 4. The van der Waals surface area contributed by atoms with E-state index in [0.29, 0.717) is 11.0 Å². The Morgan fingerprint density at radius 2 is 1.74 bits per heavy atom. The summed E-state index contributed by atoms with van der Waals surface area (Å²) < 4.78 is 33.1. The van der Waals surface area contributed by atoms with Gasteiger partial charge in [0.25, 0.3) is 0 Å². The van der Waals surface area contributed by atoms with Crippen molar-refractivity contribution in [2.45, 2.75) is 11.8 Å². The van der Waals surface area contributed by atoms with E-state index in [1.165, 1.54) is 23.0 Å². The molecule has 0 aliphatic carbocycles. The zero-order valence-corrected chi connectivity index (χ0v) is 15.5. The molecule has 0 bridgehead atoms. The van der Waals surface area contributed by atoms with Gasteiger partial charge in [-0.2, -0.15) is 4.80 Å². The van der Waals surface area contributed by atoms with Crippen LogP contribution in [-0.2, 0) is 10.1 Å². The first-order chi connectivity index (χ1) is 10.5. The maximum absolute atomic E-state index is 11.0. The molecule has 1 heterocycles. The minimum atomic E-state index is -4.50. The van der Waals surface area contributed by atoms with Gasteiger partial charge in [0, 0.05) is 12.2 Å². The standard InChI is InChI=1S/C14H14N4O3S.Na/c1-2-15-10-3-5-11(6-4-10)18-16-13-8-7-12(22(19,20)21)9-14(13)17-18;/h3-9,15H,2H2,1H3,(H,19,20,21);/q;+1/p-1. The van der Waals surface area contributed by atoms with Crippen LogP contribution < -0.4 is 34.9 Å². The molecule has 0 saturated heterocycles. The second kappa shape index (κ2) is 6.98. The van der Waals surface area contributed by atoms with Crippen LogP contribution in [0.25, 0.3) is 16.7 Å². The molecule has 114 valence electrons. The van der Waals surface area contributed by atoms with Crippen molar-refractivity contribution >= 4 is 26.8 Å². The fourth-order valence-electron chi connectivity index (χ4n) is 2.08. The molecule has 0 fully saturated rings. The monoisotopic (exact) mass is 340 g/mol. The topological polar surface area (TPSA) is 99.9 Å². The van der Waals surface area contributed by atoms with Crippen LogP contribution in [0.5, 0.6) is 0 Å². The van der Waals surface area contributed by atoms with Gasteiger partial charge in [0.2, 0.25) is 0 Å². The summed E-state index contributed by atoms with van der Waals surface area (Å²) in [6.45, 7) is 2.84. The Morgan fingerprint density at radius 1 is 1.09 bits per heavy atom. The van der Waals surface area contributed by atoms with E-state index in [9.17, 15) is 13.0 Å². The van der Waals surface area contributed by atoms with Crippen molar-refractivity contribution in [1.29, 1.82) is 0 Å². The molecule has 0 radical (unpaired) electrons. The Labute approximate surface area is 155 Å². The van der Waals surface area contributed by atoms with Crippen molar-refractivity contribution in [3.05, 3.63) is 42.5 Å². The molecule has 0 spiro atoms. The first-order valence-electron chi connectivity index (χ1n) is 6.65. The van der Waals surface area contributed by atoms with Crippen LogP contribution in [0.2, 0.25) is 0 Å². The maximum atomic E-state index is 11.0. The summed E-state index contributed by atoms with van der Waals surface area (Å²) in [5.41, 5.74) is 2.60. The van der Waals surface area contributed by atoms with Crippen LogP contribution in [0, 0.1) is 0 Å². The number of hydrogen-bond acceptors (Lipinski definition) is 6. The molecule has 3 rings (SSSR count). The number of hydrogen-bond donors (Lipinski definition) is 1. The van der Waals surface area contributed by atoms with Gasteiger partial charge in [-0.25, -0.2) is 8.42 Å². The minimum absolute atomic E-state index is 0. The van der Waals surface area contributed by atoms with Gasteiger partial charge >= 0.3 is 29.6 Å². The molecule has 7 nitrogen and oxygen atoms in total. The smallest absolute Gasteiger partial charge is 0.744 e. The van der Waals surface area contributed by atoms with E-state index >= 15 is 0 Å². The molecule has 3 aromatic rings. The third-order valence-corrected chi connectivity index (χ3v) is 3.95. The third kappa shape index (κ3) is 3.91. The number of fused-ring (bicyclic) bond motifs is 1. The number of nitrogens with zero attached hydrogens (tertiary/aromatic N) is 3. The van der Waals surface area contributed by atoms with Crippen LogP contribution in [0.3, 0.4) is 0 Å². The van der Waals surface area contributed by atoms with Gasteiger partial charge in [-0.1, -0.05) is 0 Å². The second-order valence-corrected chi connectivity index (χ2v) is 6.05. The fraction of sp³-hybridized carbons (Fsp3) is 0.143. The van der Waals surface area contributed by atoms with Gasteiger partial charge in [-0.15, -0.1) is 10.2 Å². The van der Waals surface area contributed by atoms with Gasteiger partial charge < -0.3 is 9.87 Å². The fourth-order valence-corrected chi connectivity index (χ4v) is 2.57. The molecule has 0 unspecified atom stereocenters. The number of anilines is 1. The van der Waals surface area contributed by atoms with Crippen LogP contribution in [0.4, 0.5) is 5.69 Å². The van der Waals surface area contributed by atoms with Gasteiger partial charge in [0.05, 0.1) is 10.6 Å². The summed E-state index contributed by atoms with van der Waals surface area (Å²) in [5.74, 6) is 0. The zero-order chi connectivity index (χ0) is 15.7. The predicted molar refractivity (Wildman–Crippen MR) is 81.0 cm³/mol. The summed E-state index contributed by atoms with van der Waals surface area (Å²) in [5, 5.41) is 11.7. The van der Waals surface area contributed by atoms with Crippen molar-refractivity contribution in [3.8, 4) is 5.69 Å². The molecule has 9 heteroatoms. The summed E-state index contributed by atoms with van der Waals surface area (Å²) in [6, 6.07) is 11.4. The number of nitrogens with one attached hydrogen (secondary N) is 1. The Balaban J connectivity index is 0.00000192. The van der Waals surface area contributed by atoms with Crippen LogP contribution >= 0.6 is 0 Å². The molecule has 0 aliphatic rings. The molecule has 1 N–H and O–H groups in total. The van der Waals surface area contributed by atoms with Crippen LogP contribution in [0.15, 0.2) is 47.4 Å². The molecule has 0 amide bonds. The van der Waals surface area contributed by atoms with E-state index in [4.69, 9.17) is 0 Å². The Bertz CT molecular complexity index is 923. The first-order valence-corrected chi connectivity index (χ1v) is 8.05. The number of benzene rings is 2. The molecular weight excluding hydrogens is 327 g/mol. The molecule has 0 aliphatic heterocycles. The van der Waals surface area contributed by atoms with Crippen LogP contribution in [0.1, 0.15) is 6.92 Å². The molecule has 0 atom stereocenters. The van der Waals surface area contributed by atoms with E-state index in [0.717, 1.165) is 17.9 Å². The van der Waals surface area contributed by atoms with Gasteiger partial charge in [-0.05, 0) is 49.4 Å². The molecule has 23 heavy (non-hydrogen) atoms. The quantitative estimate of drug-likeness (QED) is 0.471.